The number of aromatic nitrogens is 1. The van der Waals surface area contributed by atoms with E-state index in [0.717, 1.165) is 28.3 Å². The van der Waals surface area contributed by atoms with E-state index in [-0.39, 0.29) is 11.1 Å². The molecule has 176 valence electrons. The standard InChI is InChI=1S/C35H20N2O/c36-19-31-30(28-14-10-22-9-8-20-5-3-6-21-11-15-29(28)34(22)33(20)21)18-32(37-35(31)38)24-12-13-27-25(17-24)16-23-4-1-2-7-26(23)27/h1-15,17-18H,16H2,(H,37,38). The highest BCUT2D eigenvalue weighted by molar-refractivity contribution is 6.25. The Hall–Kier alpha value is -5.20. The normalized spacial score (nSPS) is 12.2. The molecule has 0 bridgehead atoms. The predicted octanol–water partition coefficient (Wildman–Crippen LogP) is 8.05. The number of pyridine rings is 1. The fourth-order valence-electron chi connectivity index (χ4n) is 6.32. The van der Waals surface area contributed by atoms with Crippen molar-refractivity contribution in [2.24, 2.45) is 0 Å². The van der Waals surface area contributed by atoms with Crippen LogP contribution < -0.4 is 5.56 Å². The Morgan fingerprint density at radius 3 is 2.18 bits per heavy atom. The van der Waals surface area contributed by atoms with Crippen molar-refractivity contribution in [2.75, 3.05) is 0 Å². The topological polar surface area (TPSA) is 56.6 Å². The molecule has 0 radical (unpaired) electrons. The highest BCUT2D eigenvalue weighted by Crippen LogP contribution is 2.41. The van der Waals surface area contributed by atoms with Crippen LogP contribution in [-0.2, 0) is 6.42 Å². The van der Waals surface area contributed by atoms with Crippen LogP contribution in [0.15, 0.2) is 108 Å². The van der Waals surface area contributed by atoms with E-state index in [1.54, 1.807) is 0 Å². The van der Waals surface area contributed by atoms with Crippen LogP contribution in [0.5, 0.6) is 0 Å². The van der Waals surface area contributed by atoms with Crippen molar-refractivity contribution in [2.45, 2.75) is 6.42 Å². The van der Waals surface area contributed by atoms with Crippen molar-refractivity contribution >= 4 is 32.3 Å². The number of H-pyrrole nitrogens is 1. The van der Waals surface area contributed by atoms with Crippen molar-refractivity contribution in [3.63, 3.8) is 0 Å². The lowest BCUT2D eigenvalue weighted by atomic mass is 9.88. The van der Waals surface area contributed by atoms with E-state index in [9.17, 15) is 10.1 Å². The first-order chi connectivity index (χ1) is 18.7. The third kappa shape index (κ3) is 2.86. The average Bonchev–Trinajstić information content (AvgIpc) is 3.33. The van der Waals surface area contributed by atoms with Gasteiger partial charge in [0.25, 0.3) is 5.56 Å². The number of aromatic amines is 1. The minimum absolute atomic E-state index is 0.136. The Morgan fingerprint density at radius 1 is 0.632 bits per heavy atom. The monoisotopic (exact) mass is 484 g/mol. The maximum absolute atomic E-state index is 13.2. The Bertz CT molecular complexity index is 2180. The summed E-state index contributed by atoms with van der Waals surface area (Å²) < 4.78 is 0. The molecule has 1 heterocycles. The smallest absolute Gasteiger partial charge is 0.266 e. The largest absolute Gasteiger partial charge is 0.321 e. The minimum atomic E-state index is -0.366. The molecule has 1 N–H and O–H groups in total. The van der Waals surface area contributed by atoms with E-state index in [1.165, 1.54) is 43.8 Å². The van der Waals surface area contributed by atoms with Crippen molar-refractivity contribution in [3.05, 3.63) is 130 Å². The molecule has 0 atom stereocenters. The van der Waals surface area contributed by atoms with Crippen molar-refractivity contribution in [1.29, 1.82) is 5.26 Å². The molecular weight excluding hydrogens is 464 g/mol. The Morgan fingerprint density at radius 2 is 1.34 bits per heavy atom. The van der Waals surface area contributed by atoms with Gasteiger partial charge >= 0.3 is 0 Å². The fraction of sp³-hybridized carbons (Fsp3) is 0.0286. The zero-order chi connectivity index (χ0) is 25.4. The molecule has 3 nitrogen and oxygen atoms in total. The molecule has 38 heavy (non-hydrogen) atoms. The quantitative estimate of drug-likeness (QED) is 0.252. The summed E-state index contributed by atoms with van der Waals surface area (Å²) in [5.74, 6) is 0. The number of hydrogen-bond donors (Lipinski definition) is 1. The second-order valence-electron chi connectivity index (χ2n) is 10.1. The fourth-order valence-corrected chi connectivity index (χ4v) is 6.32. The lowest BCUT2D eigenvalue weighted by Gasteiger charge is -2.15. The minimum Gasteiger partial charge on any atom is -0.321 e. The summed E-state index contributed by atoms with van der Waals surface area (Å²) in [6, 6.07) is 38.0. The zero-order valence-corrected chi connectivity index (χ0v) is 20.4. The highest BCUT2D eigenvalue weighted by atomic mass is 16.1. The second kappa shape index (κ2) is 7.65. The summed E-state index contributed by atoms with van der Waals surface area (Å²) in [6.07, 6.45) is 0.877. The van der Waals surface area contributed by atoms with Crippen LogP contribution in [0.3, 0.4) is 0 Å². The molecule has 0 amide bonds. The number of rotatable bonds is 2. The third-order valence-electron chi connectivity index (χ3n) is 8.07. The van der Waals surface area contributed by atoms with Gasteiger partial charge in [-0.25, -0.2) is 0 Å². The first-order valence-electron chi connectivity index (χ1n) is 12.8. The zero-order valence-electron chi connectivity index (χ0n) is 20.4. The van der Waals surface area contributed by atoms with Crippen LogP contribution in [0.1, 0.15) is 16.7 Å². The number of nitrogens with zero attached hydrogens (tertiary/aromatic N) is 1. The van der Waals surface area contributed by atoms with Gasteiger partial charge in [-0.2, -0.15) is 5.26 Å². The molecular formula is C35H20N2O. The molecule has 6 aromatic carbocycles. The van der Waals surface area contributed by atoms with Gasteiger partial charge in [-0.1, -0.05) is 91.0 Å². The summed E-state index contributed by atoms with van der Waals surface area (Å²) in [5, 5.41) is 17.0. The van der Waals surface area contributed by atoms with Crippen molar-refractivity contribution in [3.8, 4) is 39.6 Å². The van der Waals surface area contributed by atoms with Gasteiger partial charge in [0.15, 0.2) is 0 Å². The molecule has 0 saturated carbocycles. The number of fused-ring (bicyclic) bond motifs is 3. The first-order valence-corrected chi connectivity index (χ1v) is 12.8. The van der Waals surface area contributed by atoms with Crippen LogP contribution in [0, 0.1) is 11.3 Å². The second-order valence-corrected chi connectivity index (χ2v) is 10.1. The molecule has 8 rings (SSSR count). The number of hydrogen-bond acceptors (Lipinski definition) is 2. The van der Waals surface area contributed by atoms with Gasteiger partial charge in [-0.05, 0) is 84.3 Å². The van der Waals surface area contributed by atoms with E-state index in [0.29, 0.717) is 11.3 Å². The van der Waals surface area contributed by atoms with E-state index in [4.69, 9.17) is 0 Å². The Kier molecular flexibility index (Phi) is 4.21. The van der Waals surface area contributed by atoms with Gasteiger partial charge in [-0.3, -0.25) is 4.79 Å². The lowest BCUT2D eigenvalue weighted by Crippen LogP contribution is -2.13. The SMILES string of the molecule is N#Cc1c(-c2ccc3ccc4cccc5ccc2c3c45)cc(-c2ccc3c(c2)Cc2ccccc2-3)[nH]c1=O. The molecule has 0 saturated heterocycles. The van der Waals surface area contributed by atoms with Gasteiger partial charge in [0.2, 0.25) is 0 Å². The maximum Gasteiger partial charge on any atom is 0.266 e. The van der Waals surface area contributed by atoms with Crippen molar-refractivity contribution < 1.29 is 0 Å². The van der Waals surface area contributed by atoms with Crippen molar-refractivity contribution in [1.82, 2.24) is 4.98 Å². The predicted molar refractivity (Wildman–Crippen MR) is 155 cm³/mol. The van der Waals surface area contributed by atoms with Crippen LogP contribution in [-0.4, -0.2) is 4.98 Å². The van der Waals surface area contributed by atoms with Crippen LogP contribution in [0.4, 0.5) is 0 Å². The van der Waals surface area contributed by atoms with E-state index >= 15 is 0 Å². The van der Waals surface area contributed by atoms with Gasteiger partial charge in [0.1, 0.15) is 11.6 Å². The molecule has 1 aromatic heterocycles. The summed E-state index contributed by atoms with van der Waals surface area (Å²) in [7, 11) is 0. The average molecular weight is 485 g/mol. The molecule has 0 aliphatic heterocycles. The van der Waals surface area contributed by atoms with Gasteiger partial charge in [-0.15, -0.1) is 0 Å². The maximum atomic E-state index is 13.2. The molecule has 1 aliphatic carbocycles. The van der Waals surface area contributed by atoms with Gasteiger partial charge in [0, 0.05) is 11.3 Å². The third-order valence-corrected chi connectivity index (χ3v) is 8.07. The summed E-state index contributed by atoms with van der Waals surface area (Å²) in [4.78, 5) is 16.2. The summed E-state index contributed by atoms with van der Waals surface area (Å²) in [5.41, 5.74) is 8.07. The molecule has 0 spiro atoms. The van der Waals surface area contributed by atoms with E-state index < -0.39 is 0 Å². The summed E-state index contributed by atoms with van der Waals surface area (Å²) in [6.45, 7) is 0. The Labute approximate surface area is 218 Å². The summed E-state index contributed by atoms with van der Waals surface area (Å²) >= 11 is 0. The molecule has 3 heteroatoms. The molecule has 0 unspecified atom stereocenters. The number of benzene rings is 6. The highest BCUT2D eigenvalue weighted by Gasteiger charge is 2.20. The van der Waals surface area contributed by atoms with Gasteiger partial charge in [0.05, 0.1) is 0 Å². The van der Waals surface area contributed by atoms with Gasteiger partial charge < -0.3 is 4.98 Å². The number of nitriles is 1. The Balaban J connectivity index is 1.36. The van der Waals surface area contributed by atoms with Crippen LogP contribution in [0.25, 0.3) is 65.8 Å². The van der Waals surface area contributed by atoms with Crippen LogP contribution in [0.2, 0.25) is 0 Å². The van der Waals surface area contributed by atoms with Crippen LogP contribution >= 0.6 is 0 Å². The lowest BCUT2D eigenvalue weighted by molar-refractivity contribution is 1.21. The number of nitrogens with one attached hydrogen (secondary N) is 1. The molecule has 7 aromatic rings. The van der Waals surface area contributed by atoms with E-state index in [1.807, 2.05) is 12.1 Å². The van der Waals surface area contributed by atoms with E-state index in [2.05, 4.69) is 102 Å². The first kappa shape index (κ1) is 20.9. The molecule has 0 fully saturated rings. The molecule has 1 aliphatic rings.